The fourth-order valence-electron chi connectivity index (χ4n) is 2.95. The van der Waals surface area contributed by atoms with Gasteiger partial charge in [-0.25, -0.2) is 15.0 Å². The Hall–Kier alpha value is -3.81. The molecule has 4 rings (SSSR count). The van der Waals surface area contributed by atoms with Crippen LogP contribution in [0, 0.1) is 12.8 Å². The second kappa shape index (κ2) is 7.31. The first kappa shape index (κ1) is 18.5. The molecule has 0 bridgehead atoms. The van der Waals surface area contributed by atoms with E-state index in [1.54, 1.807) is 24.3 Å². The van der Waals surface area contributed by atoms with Crippen LogP contribution in [0.5, 0.6) is 0 Å². The standard InChI is InChI=1S/C21H20N6O2/c1-11(2)18(28)26-20-22-14-9-10-15-17(12(3)16(14)24-20)25-21(23-15)27-19(29)13-7-5-4-6-8-13/h4-11H,1-3H3,(H2,22,24,26,28)(H,23,25,27,29). The zero-order chi connectivity index (χ0) is 20.5. The van der Waals surface area contributed by atoms with E-state index >= 15 is 0 Å². The molecule has 3 N–H and O–H groups in total. The molecule has 0 unspecified atom stereocenters. The fourth-order valence-corrected chi connectivity index (χ4v) is 2.95. The number of carbonyl (C=O) groups is 2. The Labute approximate surface area is 167 Å². The summed E-state index contributed by atoms with van der Waals surface area (Å²) in [4.78, 5) is 40.8. The second-order valence-electron chi connectivity index (χ2n) is 7.05. The van der Waals surface area contributed by atoms with E-state index in [4.69, 9.17) is 0 Å². The number of aromatic nitrogens is 4. The zero-order valence-corrected chi connectivity index (χ0v) is 16.3. The minimum atomic E-state index is -0.272. The minimum Gasteiger partial charge on any atom is -0.324 e. The highest BCUT2D eigenvalue weighted by molar-refractivity contribution is 6.03. The Morgan fingerprint density at radius 1 is 0.966 bits per heavy atom. The van der Waals surface area contributed by atoms with Crippen molar-refractivity contribution in [3.63, 3.8) is 0 Å². The van der Waals surface area contributed by atoms with Crippen molar-refractivity contribution >= 4 is 34.7 Å². The van der Waals surface area contributed by atoms with Crippen LogP contribution in [0.25, 0.3) is 22.4 Å². The topological polar surface area (TPSA) is 113 Å². The molecule has 0 saturated heterocycles. The number of aromatic amines is 1. The molecular weight excluding hydrogens is 368 g/mol. The Balaban J connectivity index is 1.68. The van der Waals surface area contributed by atoms with Crippen LogP contribution in [-0.2, 0) is 4.79 Å². The predicted octanol–water partition coefficient (Wildman–Crippen LogP) is 3.61. The van der Waals surface area contributed by atoms with E-state index in [1.807, 2.05) is 39.0 Å². The zero-order valence-electron chi connectivity index (χ0n) is 16.3. The number of fused-ring (bicyclic) bond motifs is 2. The SMILES string of the molecule is Cc1c2nc(NC(=O)c3ccccc3)nc-2ccc2[nH]c(NC(=O)C(C)C)nc12. The number of benzene rings is 1. The van der Waals surface area contributed by atoms with Gasteiger partial charge in [0, 0.05) is 17.0 Å². The van der Waals surface area contributed by atoms with Crippen molar-refractivity contribution in [2.24, 2.45) is 5.92 Å². The summed E-state index contributed by atoms with van der Waals surface area (Å²) < 4.78 is 0. The summed E-state index contributed by atoms with van der Waals surface area (Å²) in [6, 6.07) is 12.5. The third-order valence-electron chi connectivity index (χ3n) is 4.56. The molecule has 0 atom stereocenters. The lowest BCUT2D eigenvalue weighted by atomic mass is 10.2. The Bertz CT molecular complexity index is 1180. The third-order valence-corrected chi connectivity index (χ3v) is 4.56. The first-order valence-electron chi connectivity index (χ1n) is 9.26. The summed E-state index contributed by atoms with van der Waals surface area (Å²) in [5.74, 6) is 0.0871. The first-order chi connectivity index (χ1) is 13.9. The minimum absolute atomic E-state index is 0.116. The molecule has 146 valence electrons. The first-order valence-corrected chi connectivity index (χ1v) is 9.26. The average Bonchev–Trinajstić information content (AvgIpc) is 3.27. The fraction of sp³-hybridized carbons (Fsp3) is 0.190. The number of amides is 2. The molecule has 2 aliphatic rings. The molecule has 8 heteroatoms. The van der Waals surface area contributed by atoms with Crippen molar-refractivity contribution in [2.45, 2.75) is 20.8 Å². The van der Waals surface area contributed by atoms with E-state index in [-0.39, 0.29) is 23.7 Å². The quantitative estimate of drug-likeness (QED) is 0.494. The number of carbonyl (C=O) groups excluding carboxylic acids is 2. The molecule has 0 saturated carbocycles. The third kappa shape index (κ3) is 3.64. The largest absolute Gasteiger partial charge is 0.324 e. The molecule has 0 spiro atoms. The van der Waals surface area contributed by atoms with Gasteiger partial charge in [-0.2, -0.15) is 0 Å². The van der Waals surface area contributed by atoms with Gasteiger partial charge in [0.2, 0.25) is 17.8 Å². The number of imidazole rings is 2. The van der Waals surface area contributed by atoms with Gasteiger partial charge in [-0.15, -0.1) is 0 Å². The summed E-state index contributed by atoms with van der Waals surface area (Å²) in [5, 5.41) is 5.50. The number of rotatable bonds is 4. The number of hydrogen-bond acceptors (Lipinski definition) is 5. The van der Waals surface area contributed by atoms with Crippen LogP contribution in [0.4, 0.5) is 11.9 Å². The average molecular weight is 388 g/mol. The maximum absolute atomic E-state index is 12.4. The predicted molar refractivity (Wildman–Crippen MR) is 111 cm³/mol. The van der Waals surface area contributed by atoms with Gasteiger partial charge in [0.15, 0.2) is 0 Å². The van der Waals surface area contributed by atoms with E-state index in [9.17, 15) is 9.59 Å². The van der Waals surface area contributed by atoms with Crippen molar-refractivity contribution in [2.75, 3.05) is 10.6 Å². The summed E-state index contributed by atoms with van der Waals surface area (Å²) in [6.07, 6.45) is 0. The van der Waals surface area contributed by atoms with Crippen molar-refractivity contribution in [3.05, 3.63) is 53.6 Å². The van der Waals surface area contributed by atoms with Gasteiger partial charge < -0.3 is 4.98 Å². The molecule has 2 heterocycles. The van der Waals surface area contributed by atoms with Crippen LogP contribution in [-0.4, -0.2) is 31.8 Å². The number of aryl methyl sites for hydroxylation is 1. The van der Waals surface area contributed by atoms with Crippen LogP contribution in [0.2, 0.25) is 0 Å². The van der Waals surface area contributed by atoms with Crippen molar-refractivity contribution < 1.29 is 9.59 Å². The molecular formula is C21H20N6O2. The van der Waals surface area contributed by atoms with E-state index < -0.39 is 0 Å². The maximum atomic E-state index is 12.4. The summed E-state index contributed by atoms with van der Waals surface area (Å²) in [7, 11) is 0. The van der Waals surface area contributed by atoms with Gasteiger partial charge in [0.25, 0.3) is 5.91 Å². The number of hydrogen-bond donors (Lipinski definition) is 3. The number of nitrogens with one attached hydrogen (secondary N) is 3. The van der Waals surface area contributed by atoms with Gasteiger partial charge in [-0.1, -0.05) is 32.0 Å². The van der Waals surface area contributed by atoms with E-state index in [1.165, 1.54) is 0 Å². The Kier molecular flexibility index (Phi) is 4.67. The molecule has 29 heavy (non-hydrogen) atoms. The van der Waals surface area contributed by atoms with E-state index in [0.717, 1.165) is 11.1 Å². The lowest BCUT2D eigenvalue weighted by Gasteiger charge is -2.03. The summed E-state index contributed by atoms with van der Waals surface area (Å²) >= 11 is 0. The van der Waals surface area contributed by atoms with Crippen molar-refractivity contribution in [1.82, 2.24) is 19.9 Å². The molecule has 0 radical (unpaired) electrons. The van der Waals surface area contributed by atoms with Crippen LogP contribution in [0.3, 0.4) is 0 Å². The normalized spacial score (nSPS) is 11.2. The summed E-state index contributed by atoms with van der Waals surface area (Å²) in [5.41, 5.74) is 4.05. The van der Waals surface area contributed by atoms with Crippen molar-refractivity contribution in [3.8, 4) is 11.4 Å². The molecule has 1 aliphatic heterocycles. The molecule has 2 aromatic rings. The van der Waals surface area contributed by atoms with Gasteiger partial charge in [-0.3, -0.25) is 20.2 Å². The lowest BCUT2D eigenvalue weighted by molar-refractivity contribution is -0.118. The maximum Gasteiger partial charge on any atom is 0.258 e. The van der Waals surface area contributed by atoms with E-state index in [0.29, 0.717) is 28.4 Å². The van der Waals surface area contributed by atoms with Gasteiger partial charge in [0.05, 0.1) is 22.4 Å². The van der Waals surface area contributed by atoms with E-state index in [2.05, 4.69) is 30.6 Å². The van der Waals surface area contributed by atoms with Crippen LogP contribution in [0.15, 0.2) is 42.5 Å². The molecule has 0 fully saturated rings. The van der Waals surface area contributed by atoms with Crippen LogP contribution >= 0.6 is 0 Å². The highest BCUT2D eigenvalue weighted by Crippen LogP contribution is 2.29. The highest BCUT2D eigenvalue weighted by atomic mass is 16.2. The monoisotopic (exact) mass is 388 g/mol. The van der Waals surface area contributed by atoms with Crippen molar-refractivity contribution in [1.29, 1.82) is 0 Å². The molecule has 1 aliphatic carbocycles. The van der Waals surface area contributed by atoms with Gasteiger partial charge in [-0.05, 0) is 31.2 Å². The van der Waals surface area contributed by atoms with Gasteiger partial charge >= 0.3 is 0 Å². The molecule has 1 aromatic carbocycles. The second-order valence-corrected chi connectivity index (χ2v) is 7.05. The van der Waals surface area contributed by atoms with Crippen LogP contribution in [0.1, 0.15) is 29.8 Å². The number of H-pyrrole nitrogens is 1. The molecule has 1 aromatic heterocycles. The van der Waals surface area contributed by atoms with Gasteiger partial charge in [0.1, 0.15) is 0 Å². The number of nitrogens with zero attached hydrogens (tertiary/aromatic N) is 3. The van der Waals surface area contributed by atoms with Crippen LogP contribution < -0.4 is 10.6 Å². The highest BCUT2D eigenvalue weighted by Gasteiger charge is 2.18. The number of anilines is 2. The summed E-state index contributed by atoms with van der Waals surface area (Å²) in [6.45, 7) is 5.52. The smallest absolute Gasteiger partial charge is 0.258 e. The Morgan fingerprint density at radius 2 is 1.72 bits per heavy atom. The lowest BCUT2D eigenvalue weighted by Crippen LogP contribution is -2.18. The Morgan fingerprint density at radius 3 is 2.45 bits per heavy atom. The molecule has 2 amide bonds. The molecule has 8 nitrogen and oxygen atoms in total.